The van der Waals surface area contributed by atoms with Crippen LogP contribution in [0.3, 0.4) is 0 Å². The maximum Gasteiger partial charge on any atom is 0.233 e. The summed E-state index contributed by atoms with van der Waals surface area (Å²) in [5, 5.41) is 24.8. The van der Waals surface area contributed by atoms with Gasteiger partial charge < -0.3 is 5.11 Å². The van der Waals surface area contributed by atoms with Gasteiger partial charge in [0.2, 0.25) is 10.0 Å². The Hall–Kier alpha value is -2.30. The third-order valence-electron chi connectivity index (χ3n) is 5.06. The number of hydrogen-bond donors (Lipinski definition) is 2. The first-order valence-electron chi connectivity index (χ1n) is 10.4. The summed E-state index contributed by atoms with van der Waals surface area (Å²) in [5.41, 5.74) is 2.02. The van der Waals surface area contributed by atoms with Gasteiger partial charge in [0.15, 0.2) is 0 Å². The molecule has 0 radical (unpaired) electrons. The van der Waals surface area contributed by atoms with Crippen LogP contribution < -0.4 is 4.31 Å². The number of unbranched alkanes of at least 4 members (excludes halogenated alkanes) is 2. The van der Waals surface area contributed by atoms with Crippen molar-refractivity contribution in [2.75, 3.05) is 10.6 Å². The Morgan fingerprint density at radius 2 is 1.84 bits per heavy atom. The number of aromatic nitrogens is 4. The summed E-state index contributed by atoms with van der Waals surface area (Å²) in [6.07, 6.45) is 5.99. The van der Waals surface area contributed by atoms with Crippen molar-refractivity contribution in [2.45, 2.75) is 58.1 Å². The molecule has 0 saturated carbocycles. The van der Waals surface area contributed by atoms with Crippen molar-refractivity contribution in [1.29, 1.82) is 0 Å². The highest BCUT2D eigenvalue weighted by molar-refractivity contribution is 7.92. The molecule has 10 heteroatoms. The fourth-order valence-electron chi connectivity index (χ4n) is 3.27. The zero-order valence-corrected chi connectivity index (χ0v) is 19.5. The van der Waals surface area contributed by atoms with E-state index in [2.05, 4.69) is 27.5 Å². The van der Waals surface area contributed by atoms with E-state index in [9.17, 15) is 13.5 Å². The number of aromatic amines is 1. The van der Waals surface area contributed by atoms with Crippen molar-refractivity contribution in [3.8, 4) is 0 Å². The molecule has 3 rings (SSSR count). The summed E-state index contributed by atoms with van der Waals surface area (Å²) >= 11 is 1.34. The lowest BCUT2D eigenvalue weighted by atomic mass is 10.1. The molecule has 0 bridgehead atoms. The fourth-order valence-corrected chi connectivity index (χ4v) is 5.49. The first-order chi connectivity index (χ1) is 14.9. The molecule has 1 atom stereocenters. The molecule has 1 unspecified atom stereocenters. The van der Waals surface area contributed by atoms with Crippen molar-refractivity contribution in [3.63, 3.8) is 0 Å². The third kappa shape index (κ3) is 6.84. The summed E-state index contributed by atoms with van der Waals surface area (Å²) in [6, 6.07) is 11.5. The van der Waals surface area contributed by atoms with Crippen LogP contribution in [0.15, 0.2) is 36.4 Å². The average molecular weight is 464 g/mol. The van der Waals surface area contributed by atoms with Gasteiger partial charge in [-0.1, -0.05) is 50.5 Å². The number of sulfonamides is 1. The number of nitrogens with one attached hydrogen (secondary N) is 1. The molecule has 0 saturated heterocycles. The number of rotatable bonds is 12. The summed E-state index contributed by atoms with van der Waals surface area (Å²) in [6.45, 7) is 2.37. The molecule has 0 aliphatic carbocycles. The standard InChI is InChI=1S/C21H29N5O3S2/c1-3-4-5-6-18(27)19-12-14-21(30-19)26(31(2,28)29)15-17-9-7-16(8-10-17)11-13-20-22-24-25-23-20/h7-10,12,14,18,27H,3-6,11,13,15H2,1-2H3,(H,22,23,24,25). The Bertz CT molecular complexity index is 1030. The van der Waals surface area contributed by atoms with Crippen molar-refractivity contribution in [2.24, 2.45) is 0 Å². The summed E-state index contributed by atoms with van der Waals surface area (Å²) in [7, 11) is -3.46. The summed E-state index contributed by atoms with van der Waals surface area (Å²) in [5.74, 6) is 0.734. The second-order valence-electron chi connectivity index (χ2n) is 7.62. The molecule has 168 valence electrons. The average Bonchev–Trinajstić information content (AvgIpc) is 3.43. The molecular weight excluding hydrogens is 434 g/mol. The normalized spacial score (nSPS) is 12.7. The number of aliphatic hydroxyl groups is 1. The minimum atomic E-state index is -3.46. The molecule has 0 amide bonds. The van der Waals surface area contributed by atoms with Gasteiger partial charge in [-0.15, -0.1) is 16.4 Å². The van der Waals surface area contributed by atoms with E-state index in [1.165, 1.54) is 21.9 Å². The predicted molar refractivity (Wildman–Crippen MR) is 122 cm³/mol. The molecule has 1 aromatic carbocycles. The van der Waals surface area contributed by atoms with Crippen LogP contribution in [-0.2, 0) is 29.4 Å². The zero-order chi connectivity index (χ0) is 22.3. The maximum atomic E-state index is 12.5. The van der Waals surface area contributed by atoms with Crippen LogP contribution in [0.1, 0.15) is 60.5 Å². The van der Waals surface area contributed by atoms with Gasteiger partial charge in [-0.25, -0.2) is 13.5 Å². The molecule has 0 fully saturated rings. The van der Waals surface area contributed by atoms with E-state index >= 15 is 0 Å². The van der Waals surface area contributed by atoms with E-state index in [0.29, 0.717) is 17.8 Å². The Morgan fingerprint density at radius 1 is 1.10 bits per heavy atom. The van der Waals surface area contributed by atoms with Crippen LogP contribution in [0, 0.1) is 0 Å². The number of aryl methyl sites for hydroxylation is 2. The molecule has 2 heterocycles. The zero-order valence-electron chi connectivity index (χ0n) is 17.9. The van der Waals surface area contributed by atoms with Crippen LogP contribution in [0.4, 0.5) is 5.00 Å². The van der Waals surface area contributed by atoms with Crippen LogP contribution >= 0.6 is 11.3 Å². The van der Waals surface area contributed by atoms with Crippen LogP contribution in [0.5, 0.6) is 0 Å². The number of anilines is 1. The van der Waals surface area contributed by atoms with Crippen LogP contribution in [0.2, 0.25) is 0 Å². The minimum Gasteiger partial charge on any atom is -0.388 e. The molecule has 2 aromatic heterocycles. The monoisotopic (exact) mass is 463 g/mol. The largest absolute Gasteiger partial charge is 0.388 e. The van der Waals surface area contributed by atoms with Gasteiger partial charge in [0, 0.05) is 11.3 Å². The number of thiophene rings is 1. The topological polar surface area (TPSA) is 112 Å². The predicted octanol–water partition coefficient (Wildman–Crippen LogP) is 3.63. The molecule has 3 aromatic rings. The quantitative estimate of drug-likeness (QED) is 0.397. The minimum absolute atomic E-state index is 0.247. The van der Waals surface area contributed by atoms with Crippen molar-refractivity contribution >= 4 is 26.4 Å². The fraction of sp³-hybridized carbons (Fsp3) is 0.476. The van der Waals surface area contributed by atoms with Gasteiger partial charge in [0.05, 0.1) is 18.9 Å². The Morgan fingerprint density at radius 3 is 2.48 bits per heavy atom. The van der Waals surface area contributed by atoms with Gasteiger partial charge in [-0.3, -0.25) is 4.31 Å². The van der Waals surface area contributed by atoms with E-state index in [-0.39, 0.29) is 6.54 Å². The molecular formula is C21H29N5O3S2. The second kappa shape index (κ2) is 10.8. The van der Waals surface area contributed by atoms with E-state index in [1.807, 2.05) is 30.3 Å². The SMILES string of the molecule is CCCCCC(O)c1ccc(N(Cc2ccc(CCc3nnn[nH]3)cc2)S(C)(=O)=O)s1. The number of nitrogens with zero attached hydrogens (tertiary/aromatic N) is 4. The number of benzene rings is 1. The highest BCUT2D eigenvalue weighted by atomic mass is 32.2. The lowest BCUT2D eigenvalue weighted by molar-refractivity contribution is 0.167. The second-order valence-corrected chi connectivity index (χ2v) is 10.6. The van der Waals surface area contributed by atoms with E-state index in [1.54, 1.807) is 6.07 Å². The lowest BCUT2D eigenvalue weighted by Gasteiger charge is -2.21. The molecule has 31 heavy (non-hydrogen) atoms. The lowest BCUT2D eigenvalue weighted by Crippen LogP contribution is -2.28. The number of tetrazole rings is 1. The number of hydrogen-bond acceptors (Lipinski definition) is 7. The van der Waals surface area contributed by atoms with Gasteiger partial charge >= 0.3 is 0 Å². The Labute approximate surface area is 187 Å². The Kier molecular flexibility index (Phi) is 8.16. The number of H-pyrrole nitrogens is 1. The highest BCUT2D eigenvalue weighted by Crippen LogP contribution is 2.34. The van der Waals surface area contributed by atoms with Crippen molar-refractivity contribution in [3.05, 3.63) is 58.2 Å². The molecule has 0 spiro atoms. The smallest absolute Gasteiger partial charge is 0.233 e. The summed E-state index contributed by atoms with van der Waals surface area (Å²) < 4.78 is 26.3. The molecule has 2 N–H and O–H groups in total. The molecule has 8 nitrogen and oxygen atoms in total. The summed E-state index contributed by atoms with van der Waals surface area (Å²) in [4.78, 5) is 0.803. The Balaban J connectivity index is 1.66. The number of aliphatic hydroxyl groups excluding tert-OH is 1. The van der Waals surface area contributed by atoms with Gasteiger partial charge in [0.1, 0.15) is 10.8 Å². The van der Waals surface area contributed by atoms with Crippen molar-refractivity contribution < 1.29 is 13.5 Å². The van der Waals surface area contributed by atoms with Gasteiger partial charge in [-0.05, 0) is 46.5 Å². The van der Waals surface area contributed by atoms with Gasteiger partial charge in [-0.2, -0.15) is 0 Å². The first kappa shape index (κ1) is 23.4. The molecule has 0 aliphatic rings. The third-order valence-corrected chi connectivity index (χ3v) is 7.51. The van der Waals surface area contributed by atoms with E-state index in [4.69, 9.17) is 0 Å². The highest BCUT2D eigenvalue weighted by Gasteiger charge is 2.21. The van der Waals surface area contributed by atoms with Crippen LogP contribution in [0.25, 0.3) is 0 Å². The van der Waals surface area contributed by atoms with E-state index < -0.39 is 16.1 Å². The first-order valence-corrected chi connectivity index (χ1v) is 13.1. The van der Waals surface area contributed by atoms with Gasteiger partial charge in [0.25, 0.3) is 0 Å². The van der Waals surface area contributed by atoms with Crippen molar-refractivity contribution in [1.82, 2.24) is 20.6 Å². The van der Waals surface area contributed by atoms with E-state index in [0.717, 1.165) is 47.5 Å². The molecule has 0 aliphatic heterocycles. The van der Waals surface area contributed by atoms with Crippen LogP contribution in [-0.4, -0.2) is 40.4 Å². The maximum absolute atomic E-state index is 12.5.